The SMILES string of the molecule is Cc1cc(C)cc(N2C(=S)N[C@@H](c3ccccn3)[C@@H]2c2cccn2-c2cccc(F)c2)c1. The molecule has 0 aliphatic carbocycles. The second-order valence-corrected chi connectivity index (χ2v) is 8.51. The van der Waals surface area contributed by atoms with Crippen molar-refractivity contribution in [3.63, 3.8) is 0 Å². The van der Waals surface area contributed by atoms with Gasteiger partial charge in [0.25, 0.3) is 0 Å². The van der Waals surface area contributed by atoms with E-state index in [0.29, 0.717) is 5.11 Å². The van der Waals surface area contributed by atoms with Gasteiger partial charge >= 0.3 is 0 Å². The van der Waals surface area contributed by atoms with Crippen LogP contribution in [-0.2, 0) is 0 Å². The summed E-state index contributed by atoms with van der Waals surface area (Å²) in [5, 5.41) is 4.13. The minimum absolute atomic E-state index is 0.160. The number of hydrogen-bond acceptors (Lipinski definition) is 2. The fourth-order valence-corrected chi connectivity index (χ4v) is 4.87. The molecule has 1 aliphatic rings. The van der Waals surface area contributed by atoms with Crippen LogP contribution < -0.4 is 10.2 Å². The third-order valence-electron chi connectivity index (χ3n) is 5.75. The summed E-state index contributed by atoms with van der Waals surface area (Å²) in [5.41, 5.74) is 6.03. The van der Waals surface area contributed by atoms with Gasteiger partial charge in [0.05, 0.1) is 11.7 Å². The fourth-order valence-electron chi connectivity index (χ4n) is 4.52. The van der Waals surface area contributed by atoms with Crippen LogP contribution in [0.3, 0.4) is 0 Å². The number of anilines is 1. The van der Waals surface area contributed by atoms with Gasteiger partial charge in [-0.1, -0.05) is 18.2 Å². The van der Waals surface area contributed by atoms with Gasteiger partial charge in [0.2, 0.25) is 0 Å². The van der Waals surface area contributed by atoms with Crippen molar-refractivity contribution < 1.29 is 4.39 Å². The largest absolute Gasteiger partial charge is 0.351 e. The number of pyridine rings is 1. The van der Waals surface area contributed by atoms with E-state index >= 15 is 0 Å². The molecule has 3 heterocycles. The second-order valence-electron chi connectivity index (χ2n) is 8.13. The number of aromatic nitrogens is 2. The van der Waals surface area contributed by atoms with Crippen molar-refractivity contribution in [3.05, 3.63) is 114 Å². The Morgan fingerprint density at radius 2 is 1.72 bits per heavy atom. The lowest BCUT2D eigenvalue weighted by Gasteiger charge is -2.29. The number of aryl methyl sites for hydroxylation is 2. The maximum absolute atomic E-state index is 14.0. The van der Waals surface area contributed by atoms with Crippen LogP contribution in [0.2, 0.25) is 0 Å². The molecule has 0 bridgehead atoms. The lowest BCUT2D eigenvalue weighted by atomic mass is 10.00. The predicted molar refractivity (Wildman–Crippen MR) is 130 cm³/mol. The number of hydrogen-bond donors (Lipinski definition) is 1. The average Bonchev–Trinajstić information content (AvgIpc) is 3.38. The molecule has 1 saturated heterocycles. The molecule has 1 fully saturated rings. The summed E-state index contributed by atoms with van der Waals surface area (Å²) in [7, 11) is 0. The molecule has 4 aromatic rings. The zero-order valence-electron chi connectivity index (χ0n) is 17.9. The van der Waals surface area contributed by atoms with Crippen LogP contribution in [0.25, 0.3) is 5.69 Å². The summed E-state index contributed by atoms with van der Waals surface area (Å²) in [5.74, 6) is -0.269. The van der Waals surface area contributed by atoms with Gasteiger partial charge in [-0.15, -0.1) is 0 Å². The van der Waals surface area contributed by atoms with Gasteiger partial charge in [0.1, 0.15) is 11.9 Å². The lowest BCUT2D eigenvalue weighted by molar-refractivity contribution is 0.548. The van der Waals surface area contributed by atoms with Crippen molar-refractivity contribution in [3.8, 4) is 5.69 Å². The van der Waals surface area contributed by atoms with Crippen LogP contribution in [0.15, 0.2) is 85.2 Å². The highest BCUT2D eigenvalue weighted by atomic mass is 32.1. The van der Waals surface area contributed by atoms with Crippen LogP contribution in [-0.4, -0.2) is 14.7 Å². The van der Waals surface area contributed by atoms with E-state index in [2.05, 4.69) is 53.3 Å². The zero-order chi connectivity index (χ0) is 22.2. The molecule has 0 unspecified atom stereocenters. The molecule has 2 aromatic heterocycles. The van der Waals surface area contributed by atoms with Crippen LogP contribution in [0.4, 0.5) is 10.1 Å². The van der Waals surface area contributed by atoms with Gasteiger partial charge in [0.15, 0.2) is 5.11 Å². The number of thiocarbonyl (C=S) groups is 1. The van der Waals surface area contributed by atoms with E-state index in [0.717, 1.165) is 22.8 Å². The zero-order valence-corrected chi connectivity index (χ0v) is 18.7. The van der Waals surface area contributed by atoms with E-state index in [1.807, 2.05) is 41.1 Å². The van der Waals surface area contributed by atoms with Crippen molar-refractivity contribution in [1.29, 1.82) is 0 Å². The Bertz CT molecular complexity index is 1260. The van der Waals surface area contributed by atoms with E-state index in [-0.39, 0.29) is 17.9 Å². The minimum atomic E-state index is -0.269. The maximum Gasteiger partial charge on any atom is 0.174 e. The predicted octanol–water partition coefficient (Wildman–Crippen LogP) is 5.81. The first-order valence-electron chi connectivity index (χ1n) is 10.5. The third-order valence-corrected chi connectivity index (χ3v) is 6.07. The Labute approximate surface area is 192 Å². The standard InChI is InChI=1S/C26H23FN4S/c1-17-13-18(2)15-21(14-17)31-25(24(29-26(31)32)22-9-3-4-11-28-22)23-10-6-12-30(23)20-8-5-7-19(27)16-20/h3-16,24-25H,1-2H3,(H,29,32)/t24-,25-/m0/s1. The normalized spacial score (nSPS) is 18.1. The molecule has 0 spiro atoms. The topological polar surface area (TPSA) is 33.1 Å². The molecule has 5 rings (SSSR count). The van der Waals surface area contributed by atoms with Gasteiger partial charge in [-0.05, 0) is 91.8 Å². The molecule has 1 N–H and O–H groups in total. The van der Waals surface area contributed by atoms with Gasteiger partial charge in [-0.2, -0.15) is 0 Å². The Morgan fingerprint density at radius 1 is 0.906 bits per heavy atom. The quantitative estimate of drug-likeness (QED) is 0.405. The Kier molecular flexibility index (Phi) is 5.23. The van der Waals surface area contributed by atoms with E-state index in [4.69, 9.17) is 12.2 Å². The van der Waals surface area contributed by atoms with E-state index in [9.17, 15) is 4.39 Å². The van der Waals surface area contributed by atoms with Gasteiger partial charge in [-0.25, -0.2) is 4.39 Å². The Morgan fingerprint density at radius 3 is 2.44 bits per heavy atom. The number of nitrogens with zero attached hydrogens (tertiary/aromatic N) is 3. The maximum atomic E-state index is 14.0. The van der Waals surface area contributed by atoms with Crippen LogP contribution in [0.5, 0.6) is 0 Å². The van der Waals surface area contributed by atoms with Crippen molar-refractivity contribution in [2.75, 3.05) is 4.90 Å². The van der Waals surface area contributed by atoms with Crippen LogP contribution in [0.1, 0.15) is 34.6 Å². The van der Waals surface area contributed by atoms with Gasteiger partial charge in [-0.3, -0.25) is 4.98 Å². The first kappa shape index (κ1) is 20.4. The summed E-state index contributed by atoms with van der Waals surface area (Å²) < 4.78 is 16.1. The van der Waals surface area contributed by atoms with E-state index in [1.165, 1.54) is 17.2 Å². The van der Waals surface area contributed by atoms with Crippen molar-refractivity contribution >= 4 is 23.0 Å². The summed E-state index contributed by atoms with van der Waals surface area (Å²) in [6.45, 7) is 4.17. The number of rotatable bonds is 4. The molecular formula is C26H23FN4S. The van der Waals surface area contributed by atoms with Crippen molar-refractivity contribution in [2.24, 2.45) is 0 Å². The average molecular weight is 443 g/mol. The Balaban J connectivity index is 1.69. The molecule has 0 radical (unpaired) electrons. The summed E-state index contributed by atoms with van der Waals surface area (Å²) >= 11 is 5.84. The second kappa shape index (κ2) is 8.20. The highest BCUT2D eigenvalue weighted by Gasteiger charge is 2.42. The van der Waals surface area contributed by atoms with E-state index < -0.39 is 0 Å². The third kappa shape index (κ3) is 3.67. The first-order valence-corrected chi connectivity index (χ1v) is 10.9. The molecule has 32 heavy (non-hydrogen) atoms. The van der Waals surface area contributed by atoms with Crippen molar-refractivity contribution in [2.45, 2.75) is 25.9 Å². The number of nitrogens with one attached hydrogen (secondary N) is 1. The van der Waals surface area contributed by atoms with Gasteiger partial charge < -0.3 is 14.8 Å². The van der Waals surface area contributed by atoms with Crippen LogP contribution in [0, 0.1) is 19.7 Å². The molecule has 0 saturated carbocycles. The summed E-state index contributed by atoms with van der Waals surface area (Å²) in [6.07, 6.45) is 3.75. The lowest BCUT2D eigenvalue weighted by Crippen LogP contribution is -2.30. The van der Waals surface area contributed by atoms with Gasteiger partial charge in [0, 0.05) is 29.5 Å². The molecule has 2 aromatic carbocycles. The number of benzene rings is 2. The molecule has 6 heteroatoms. The molecule has 160 valence electrons. The molecule has 2 atom stereocenters. The van der Waals surface area contributed by atoms with Crippen molar-refractivity contribution in [1.82, 2.24) is 14.9 Å². The number of halogens is 1. The smallest absolute Gasteiger partial charge is 0.174 e. The summed E-state index contributed by atoms with van der Waals surface area (Å²) in [6, 6.07) is 22.7. The highest BCUT2D eigenvalue weighted by molar-refractivity contribution is 7.80. The fraction of sp³-hybridized carbons (Fsp3) is 0.154. The van der Waals surface area contributed by atoms with Crippen LogP contribution >= 0.6 is 12.2 Å². The molecule has 0 amide bonds. The monoisotopic (exact) mass is 442 g/mol. The molecule has 4 nitrogen and oxygen atoms in total. The molecular weight excluding hydrogens is 419 g/mol. The summed E-state index contributed by atoms with van der Waals surface area (Å²) in [4.78, 5) is 6.77. The minimum Gasteiger partial charge on any atom is -0.351 e. The molecule has 1 aliphatic heterocycles. The highest BCUT2D eigenvalue weighted by Crippen LogP contribution is 2.42. The van der Waals surface area contributed by atoms with E-state index in [1.54, 1.807) is 18.3 Å². The first-order chi connectivity index (χ1) is 15.5. The Hall–Kier alpha value is -3.51.